The number of benzene rings is 2. The van der Waals surface area contributed by atoms with Gasteiger partial charge >= 0.3 is 5.97 Å². The van der Waals surface area contributed by atoms with Crippen molar-refractivity contribution >= 4 is 16.7 Å². The molecule has 2 aromatic carbocycles. The van der Waals surface area contributed by atoms with E-state index in [0.717, 1.165) is 19.5 Å². The van der Waals surface area contributed by atoms with Gasteiger partial charge in [0.25, 0.3) is 0 Å². The Morgan fingerprint density at radius 3 is 2.92 bits per heavy atom. The summed E-state index contributed by atoms with van der Waals surface area (Å²) in [4.78, 5) is 14.1. The van der Waals surface area contributed by atoms with E-state index in [-0.39, 0.29) is 5.92 Å². The molecule has 0 unspecified atom stereocenters. The maximum absolute atomic E-state index is 11.8. The van der Waals surface area contributed by atoms with Crippen LogP contribution in [0.4, 0.5) is 0 Å². The Morgan fingerprint density at radius 2 is 2.17 bits per heavy atom. The van der Waals surface area contributed by atoms with Crippen LogP contribution >= 0.6 is 0 Å². The minimum Gasteiger partial charge on any atom is -0.481 e. The summed E-state index contributed by atoms with van der Waals surface area (Å²) in [5, 5.41) is 12.3. The number of likely N-dealkylation sites (tertiary alicyclic amines) is 1. The first-order valence-electron chi connectivity index (χ1n) is 8.67. The highest BCUT2D eigenvalue weighted by Gasteiger charge is 2.56. The molecule has 24 heavy (non-hydrogen) atoms. The van der Waals surface area contributed by atoms with Gasteiger partial charge in [-0.2, -0.15) is 0 Å². The lowest BCUT2D eigenvalue weighted by molar-refractivity contribution is -0.149. The topological polar surface area (TPSA) is 49.8 Å². The first-order chi connectivity index (χ1) is 11.6. The van der Waals surface area contributed by atoms with E-state index in [0.29, 0.717) is 19.8 Å². The lowest BCUT2D eigenvalue weighted by Gasteiger charge is -2.23. The lowest BCUT2D eigenvalue weighted by atomic mass is 9.81. The van der Waals surface area contributed by atoms with E-state index < -0.39 is 11.4 Å². The summed E-state index contributed by atoms with van der Waals surface area (Å²) in [6, 6.07) is 12.9. The number of carboxylic acid groups (broad SMARTS) is 1. The second kappa shape index (κ2) is 5.87. The molecule has 2 fully saturated rings. The smallest absolute Gasteiger partial charge is 0.313 e. The monoisotopic (exact) mass is 325 g/mol. The second-order valence-corrected chi connectivity index (χ2v) is 7.12. The van der Waals surface area contributed by atoms with Crippen molar-refractivity contribution in [1.29, 1.82) is 0 Å². The molecule has 2 aromatic rings. The standard InChI is InChI=1S/C20H23NO3/c1-2-14-7-8-15-5-3-4-6-17(15)18(14)10-21-9-16-11-24-13-20(16,12-21)19(22)23/h3-8,16H,2,9-13H2,1H3,(H,22,23)/t16-,20-/m1/s1. The minimum atomic E-state index is -0.711. The highest BCUT2D eigenvalue weighted by molar-refractivity contribution is 5.86. The Hall–Kier alpha value is -1.91. The fourth-order valence-electron chi connectivity index (χ4n) is 4.39. The van der Waals surface area contributed by atoms with E-state index in [1.807, 2.05) is 0 Å². The van der Waals surface area contributed by atoms with Gasteiger partial charge < -0.3 is 9.84 Å². The van der Waals surface area contributed by atoms with Crippen molar-refractivity contribution in [2.75, 3.05) is 26.3 Å². The van der Waals surface area contributed by atoms with Gasteiger partial charge in [-0.05, 0) is 28.3 Å². The Kier molecular flexibility index (Phi) is 3.82. The number of fused-ring (bicyclic) bond motifs is 2. The molecule has 2 aliphatic rings. The van der Waals surface area contributed by atoms with Crippen LogP contribution in [0.25, 0.3) is 10.8 Å². The molecule has 1 N–H and O–H groups in total. The van der Waals surface area contributed by atoms with Crippen molar-refractivity contribution in [1.82, 2.24) is 4.90 Å². The predicted molar refractivity (Wildman–Crippen MR) is 93.0 cm³/mol. The number of nitrogens with zero attached hydrogens (tertiary/aromatic N) is 1. The van der Waals surface area contributed by atoms with E-state index in [1.54, 1.807) is 0 Å². The van der Waals surface area contributed by atoms with Gasteiger partial charge in [0.15, 0.2) is 0 Å². The van der Waals surface area contributed by atoms with Gasteiger partial charge in [0.1, 0.15) is 5.41 Å². The van der Waals surface area contributed by atoms with Crippen molar-refractivity contribution in [2.24, 2.45) is 11.3 Å². The van der Waals surface area contributed by atoms with E-state index >= 15 is 0 Å². The van der Waals surface area contributed by atoms with Gasteiger partial charge in [0.05, 0.1) is 13.2 Å². The molecular formula is C20H23NO3. The van der Waals surface area contributed by atoms with Crippen molar-refractivity contribution in [3.8, 4) is 0 Å². The quantitative estimate of drug-likeness (QED) is 0.939. The molecule has 4 nitrogen and oxygen atoms in total. The van der Waals surface area contributed by atoms with Crippen LogP contribution in [0.15, 0.2) is 36.4 Å². The second-order valence-electron chi connectivity index (χ2n) is 7.12. The van der Waals surface area contributed by atoms with Crippen LogP contribution in [0.2, 0.25) is 0 Å². The number of carbonyl (C=O) groups is 1. The Bertz CT molecular complexity index is 788. The summed E-state index contributed by atoms with van der Waals surface area (Å²) in [6.45, 7) is 5.30. The minimum absolute atomic E-state index is 0.107. The Labute approximate surface area is 142 Å². The third kappa shape index (κ3) is 2.33. The van der Waals surface area contributed by atoms with Crippen LogP contribution in [0, 0.1) is 11.3 Å². The number of aliphatic carboxylic acids is 1. The predicted octanol–water partition coefficient (Wildman–Crippen LogP) is 2.94. The molecule has 0 aliphatic carbocycles. The van der Waals surface area contributed by atoms with Crippen molar-refractivity contribution in [2.45, 2.75) is 19.9 Å². The molecule has 4 rings (SSSR count). The highest BCUT2D eigenvalue weighted by Crippen LogP contribution is 2.42. The number of ether oxygens (including phenoxy) is 1. The first kappa shape index (κ1) is 15.6. The fraction of sp³-hybridized carbons (Fsp3) is 0.450. The van der Waals surface area contributed by atoms with Gasteiger partial charge in [-0.25, -0.2) is 0 Å². The molecular weight excluding hydrogens is 302 g/mol. The lowest BCUT2D eigenvalue weighted by Crippen LogP contribution is -2.38. The summed E-state index contributed by atoms with van der Waals surface area (Å²) in [7, 11) is 0. The number of aryl methyl sites for hydroxylation is 1. The molecule has 0 bridgehead atoms. The van der Waals surface area contributed by atoms with Crippen molar-refractivity contribution in [3.63, 3.8) is 0 Å². The maximum atomic E-state index is 11.8. The zero-order chi connectivity index (χ0) is 16.7. The van der Waals surface area contributed by atoms with Gasteiger partial charge in [-0.3, -0.25) is 9.69 Å². The SMILES string of the molecule is CCc1ccc2ccccc2c1CN1C[C@@H]2COC[C@]2(C(=O)O)C1. The third-order valence-corrected chi connectivity index (χ3v) is 5.77. The Morgan fingerprint density at radius 1 is 1.33 bits per heavy atom. The third-order valence-electron chi connectivity index (χ3n) is 5.77. The molecule has 2 heterocycles. The van der Waals surface area contributed by atoms with Crippen LogP contribution in [-0.4, -0.2) is 42.3 Å². The number of carboxylic acids is 1. The van der Waals surface area contributed by atoms with Gasteiger partial charge in [-0.1, -0.05) is 43.3 Å². The molecule has 2 aliphatic heterocycles. The largest absolute Gasteiger partial charge is 0.481 e. The molecule has 0 radical (unpaired) electrons. The molecule has 0 amide bonds. The summed E-state index contributed by atoms with van der Waals surface area (Å²) in [5.41, 5.74) is 1.99. The van der Waals surface area contributed by atoms with E-state index in [9.17, 15) is 9.90 Å². The molecule has 126 valence electrons. The molecule has 2 saturated heterocycles. The van der Waals surface area contributed by atoms with Crippen LogP contribution in [0.3, 0.4) is 0 Å². The van der Waals surface area contributed by atoms with Crippen LogP contribution in [-0.2, 0) is 22.5 Å². The summed E-state index contributed by atoms with van der Waals surface area (Å²) >= 11 is 0. The molecule has 0 aromatic heterocycles. The molecule has 0 spiro atoms. The van der Waals surface area contributed by atoms with Gasteiger partial charge in [0, 0.05) is 25.6 Å². The first-order valence-corrected chi connectivity index (χ1v) is 8.67. The van der Waals surface area contributed by atoms with Crippen LogP contribution in [0.1, 0.15) is 18.1 Å². The fourth-order valence-corrected chi connectivity index (χ4v) is 4.39. The summed E-state index contributed by atoms with van der Waals surface area (Å²) in [5.74, 6) is -0.601. The Balaban J connectivity index is 1.67. The van der Waals surface area contributed by atoms with Crippen molar-refractivity contribution < 1.29 is 14.6 Å². The normalized spacial score (nSPS) is 26.8. The zero-order valence-corrected chi connectivity index (χ0v) is 14.0. The number of rotatable bonds is 4. The molecule has 0 saturated carbocycles. The average Bonchev–Trinajstić information content (AvgIpc) is 3.13. The zero-order valence-electron chi connectivity index (χ0n) is 14.0. The number of hydrogen-bond donors (Lipinski definition) is 1. The number of hydrogen-bond acceptors (Lipinski definition) is 3. The van der Waals surface area contributed by atoms with Crippen LogP contribution in [0.5, 0.6) is 0 Å². The van der Waals surface area contributed by atoms with E-state index in [4.69, 9.17) is 4.74 Å². The summed E-state index contributed by atoms with van der Waals surface area (Å²) in [6.07, 6.45) is 0.991. The highest BCUT2D eigenvalue weighted by atomic mass is 16.5. The van der Waals surface area contributed by atoms with E-state index in [2.05, 4.69) is 48.2 Å². The molecule has 4 heteroatoms. The summed E-state index contributed by atoms with van der Waals surface area (Å²) < 4.78 is 5.48. The average molecular weight is 325 g/mol. The van der Waals surface area contributed by atoms with E-state index in [1.165, 1.54) is 21.9 Å². The van der Waals surface area contributed by atoms with Crippen molar-refractivity contribution in [3.05, 3.63) is 47.5 Å². The maximum Gasteiger partial charge on any atom is 0.313 e. The molecule has 2 atom stereocenters. The van der Waals surface area contributed by atoms with Gasteiger partial charge in [-0.15, -0.1) is 0 Å². The van der Waals surface area contributed by atoms with Crippen LogP contribution < -0.4 is 0 Å². The van der Waals surface area contributed by atoms with Gasteiger partial charge in [0.2, 0.25) is 0 Å².